The van der Waals surface area contributed by atoms with E-state index < -0.39 is 12.1 Å². The average molecular weight is 270 g/mol. The van der Waals surface area contributed by atoms with Gasteiger partial charge < -0.3 is 15.8 Å². The highest BCUT2D eigenvalue weighted by atomic mass is 16.5. The van der Waals surface area contributed by atoms with Gasteiger partial charge in [-0.25, -0.2) is 4.79 Å². The summed E-state index contributed by atoms with van der Waals surface area (Å²) < 4.78 is 4.81. The van der Waals surface area contributed by atoms with E-state index >= 15 is 0 Å². The summed E-state index contributed by atoms with van der Waals surface area (Å²) in [6.45, 7) is 3.77. The predicted octanol–water partition coefficient (Wildman–Crippen LogP) is 1.21. The van der Waals surface area contributed by atoms with Crippen molar-refractivity contribution < 1.29 is 14.3 Å². The van der Waals surface area contributed by atoms with Crippen molar-refractivity contribution in [2.45, 2.75) is 58.0 Å². The lowest BCUT2D eigenvalue weighted by Crippen LogP contribution is -2.53. The zero-order valence-corrected chi connectivity index (χ0v) is 12.1. The molecule has 5 heteroatoms. The molecule has 3 N–H and O–H groups in total. The number of nitrogens with two attached hydrogens (primary N) is 1. The highest BCUT2D eigenvalue weighted by molar-refractivity contribution is 5.87. The Bertz CT molecular complexity index is 312. The Kier molecular flexibility index (Phi) is 6.28. The van der Waals surface area contributed by atoms with Crippen LogP contribution < -0.4 is 11.1 Å². The van der Waals surface area contributed by atoms with Crippen LogP contribution >= 0.6 is 0 Å². The van der Waals surface area contributed by atoms with E-state index in [2.05, 4.69) is 5.32 Å². The number of esters is 1. The van der Waals surface area contributed by atoms with Gasteiger partial charge in [0.05, 0.1) is 13.2 Å². The molecule has 1 saturated carbocycles. The molecule has 1 unspecified atom stereocenters. The number of carbonyl (C=O) groups is 2. The predicted molar refractivity (Wildman–Crippen MR) is 73.3 cm³/mol. The third-order valence-electron chi connectivity index (χ3n) is 3.90. The van der Waals surface area contributed by atoms with Crippen LogP contribution in [0.5, 0.6) is 0 Å². The van der Waals surface area contributed by atoms with Crippen LogP contribution in [0.3, 0.4) is 0 Å². The molecule has 0 aromatic heterocycles. The van der Waals surface area contributed by atoms with E-state index in [1.54, 1.807) is 0 Å². The SMILES string of the molecule is COC(=O)[C@H](NC(=O)C(N)C(C)C)C1CCCCC1. The van der Waals surface area contributed by atoms with Gasteiger partial charge in [-0.1, -0.05) is 33.1 Å². The van der Waals surface area contributed by atoms with Crippen molar-refractivity contribution >= 4 is 11.9 Å². The number of amides is 1. The molecule has 0 aromatic carbocycles. The van der Waals surface area contributed by atoms with Crippen LogP contribution in [0, 0.1) is 11.8 Å². The first kappa shape index (κ1) is 16.0. The summed E-state index contributed by atoms with van der Waals surface area (Å²) in [5.41, 5.74) is 5.82. The molecule has 0 aliphatic heterocycles. The second kappa shape index (κ2) is 7.48. The number of carbonyl (C=O) groups excluding carboxylic acids is 2. The Balaban J connectivity index is 2.69. The maximum Gasteiger partial charge on any atom is 0.328 e. The summed E-state index contributed by atoms with van der Waals surface area (Å²) in [6, 6.07) is -1.14. The molecule has 1 rings (SSSR count). The molecule has 0 heterocycles. The zero-order valence-electron chi connectivity index (χ0n) is 12.1. The van der Waals surface area contributed by atoms with E-state index in [9.17, 15) is 9.59 Å². The molecule has 1 aliphatic rings. The van der Waals surface area contributed by atoms with Crippen molar-refractivity contribution in [3.63, 3.8) is 0 Å². The van der Waals surface area contributed by atoms with E-state index in [-0.39, 0.29) is 23.7 Å². The molecule has 5 nitrogen and oxygen atoms in total. The highest BCUT2D eigenvalue weighted by Crippen LogP contribution is 2.27. The van der Waals surface area contributed by atoms with Crippen LogP contribution in [0.25, 0.3) is 0 Å². The molecule has 0 bridgehead atoms. The standard InChI is InChI=1S/C14H26N2O3/c1-9(2)11(15)13(17)16-12(14(18)19-3)10-7-5-4-6-8-10/h9-12H,4-8,15H2,1-3H3,(H,16,17)/t11?,12-/m1/s1. The number of hydrogen-bond acceptors (Lipinski definition) is 4. The number of rotatable bonds is 5. The van der Waals surface area contributed by atoms with E-state index in [4.69, 9.17) is 10.5 Å². The zero-order chi connectivity index (χ0) is 14.4. The Labute approximate surface area is 115 Å². The van der Waals surface area contributed by atoms with E-state index in [1.807, 2.05) is 13.8 Å². The van der Waals surface area contributed by atoms with Crippen molar-refractivity contribution in [1.82, 2.24) is 5.32 Å². The van der Waals surface area contributed by atoms with Gasteiger partial charge in [0, 0.05) is 0 Å². The third kappa shape index (κ3) is 4.49. The lowest BCUT2D eigenvalue weighted by Gasteiger charge is -2.30. The Morgan fingerprint density at radius 3 is 2.26 bits per heavy atom. The minimum Gasteiger partial charge on any atom is -0.467 e. The number of methoxy groups -OCH3 is 1. The van der Waals surface area contributed by atoms with Crippen LogP contribution in [0.2, 0.25) is 0 Å². The van der Waals surface area contributed by atoms with Gasteiger partial charge in [0.1, 0.15) is 6.04 Å². The van der Waals surface area contributed by atoms with Crippen LogP contribution in [-0.4, -0.2) is 31.1 Å². The molecular formula is C14H26N2O3. The molecule has 0 saturated heterocycles. The fraction of sp³-hybridized carbons (Fsp3) is 0.857. The van der Waals surface area contributed by atoms with Crippen molar-refractivity contribution in [2.24, 2.45) is 17.6 Å². The Hall–Kier alpha value is -1.10. The lowest BCUT2D eigenvalue weighted by atomic mass is 9.83. The second-order valence-electron chi connectivity index (χ2n) is 5.68. The van der Waals surface area contributed by atoms with Crippen molar-refractivity contribution in [2.75, 3.05) is 7.11 Å². The molecule has 1 amide bonds. The molecule has 2 atom stereocenters. The van der Waals surface area contributed by atoms with Crippen molar-refractivity contribution in [1.29, 1.82) is 0 Å². The molecule has 19 heavy (non-hydrogen) atoms. The summed E-state index contributed by atoms with van der Waals surface area (Å²) in [5, 5.41) is 2.78. The first-order chi connectivity index (χ1) is 8.97. The second-order valence-corrected chi connectivity index (χ2v) is 5.68. The summed E-state index contributed by atoms with van der Waals surface area (Å²) in [5.74, 6) is -0.415. The van der Waals surface area contributed by atoms with Gasteiger partial charge in [0.25, 0.3) is 0 Å². The first-order valence-corrected chi connectivity index (χ1v) is 7.11. The Morgan fingerprint density at radius 2 is 1.79 bits per heavy atom. The minimum absolute atomic E-state index is 0.0460. The summed E-state index contributed by atoms with van der Waals surface area (Å²) in [6.07, 6.45) is 5.31. The van der Waals surface area contributed by atoms with E-state index in [1.165, 1.54) is 13.5 Å². The summed E-state index contributed by atoms with van der Waals surface area (Å²) in [4.78, 5) is 23.9. The first-order valence-electron chi connectivity index (χ1n) is 7.11. The largest absolute Gasteiger partial charge is 0.467 e. The molecule has 0 aromatic rings. The van der Waals surface area contributed by atoms with E-state index in [0.29, 0.717) is 0 Å². The summed E-state index contributed by atoms with van der Waals surface area (Å²) >= 11 is 0. The molecule has 110 valence electrons. The molecular weight excluding hydrogens is 244 g/mol. The van der Waals surface area contributed by atoms with Gasteiger partial charge in [0.2, 0.25) is 5.91 Å². The molecule has 1 fully saturated rings. The quantitative estimate of drug-likeness (QED) is 0.736. The maximum absolute atomic E-state index is 12.0. The van der Waals surface area contributed by atoms with Crippen molar-refractivity contribution in [3.8, 4) is 0 Å². The van der Waals surface area contributed by atoms with E-state index in [0.717, 1.165) is 25.7 Å². The number of ether oxygens (including phenoxy) is 1. The summed E-state index contributed by atoms with van der Waals surface area (Å²) in [7, 11) is 1.35. The van der Waals surface area contributed by atoms with Crippen LogP contribution in [0.4, 0.5) is 0 Å². The fourth-order valence-electron chi connectivity index (χ4n) is 2.52. The van der Waals surface area contributed by atoms with Crippen LogP contribution in [0.1, 0.15) is 46.0 Å². The fourth-order valence-corrected chi connectivity index (χ4v) is 2.52. The number of nitrogens with one attached hydrogen (secondary N) is 1. The maximum atomic E-state index is 12.0. The number of hydrogen-bond donors (Lipinski definition) is 2. The monoisotopic (exact) mass is 270 g/mol. The van der Waals surface area contributed by atoms with Gasteiger partial charge in [-0.3, -0.25) is 4.79 Å². The molecule has 1 aliphatic carbocycles. The Morgan fingerprint density at radius 1 is 1.21 bits per heavy atom. The highest BCUT2D eigenvalue weighted by Gasteiger charge is 2.33. The normalized spacial score (nSPS) is 19.8. The molecule has 0 spiro atoms. The van der Waals surface area contributed by atoms with Gasteiger partial charge >= 0.3 is 5.97 Å². The average Bonchev–Trinajstić information content (AvgIpc) is 2.43. The lowest BCUT2D eigenvalue weighted by molar-refractivity contribution is -0.147. The van der Waals surface area contributed by atoms with Crippen molar-refractivity contribution in [3.05, 3.63) is 0 Å². The smallest absolute Gasteiger partial charge is 0.328 e. The van der Waals surface area contributed by atoms with Crippen LogP contribution in [0.15, 0.2) is 0 Å². The van der Waals surface area contributed by atoms with Gasteiger partial charge in [-0.2, -0.15) is 0 Å². The van der Waals surface area contributed by atoms with Gasteiger partial charge in [-0.05, 0) is 24.7 Å². The minimum atomic E-state index is -0.587. The van der Waals surface area contributed by atoms with Gasteiger partial charge in [0.15, 0.2) is 0 Å². The van der Waals surface area contributed by atoms with Crippen LogP contribution in [-0.2, 0) is 14.3 Å². The third-order valence-corrected chi connectivity index (χ3v) is 3.90. The topological polar surface area (TPSA) is 81.4 Å². The molecule has 0 radical (unpaired) electrons. The van der Waals surface area contributed by atoms with Gasteiger partial charge in [-0.15, -0.1) is 0 Å².